The minimum Gasteiger partial charge on any atom is -0.493 e. The van der Waals surface area contributed by atoms with Gasteiger partial charge < -0.3 is 19.7 Å². The maximum Gasteiger partial charge on any atom is 0.191 e. The van der Waals surface area contributed by atoms with E-state index in [-0.39, 0.29) is 34.8 Å². The molecule has 1 aromatic rings. The van der Waals surface area contributed by atoms with Gasteiger partial charge in [0.25, 0.3) is 0 Å². The third-order valence-corrected chi connectivity index (χ3v) is 3.79. The van der Waals surface area contributed by atoms with Gasteiger partial charge in [0.05, 0.1) is 14.2 Å². The van der Waals surface area contributed by atoms with Gasteiger partial charge in [-0.25, -0.2) is 8.78 Å². The summed E-state index contributed by atoms with van der Waals surface area (Å²) >= 11 is 5.99. The van der Waals surface area contributed by atoms with E-state index in [9.17, 15) is 8.78 Å². The van der Waals surface area contributed by atoms with Gasteiger partial charge in [-0.05, 0) is 13.8 Å². The molecule has 0 fully saturated rings. The van der Waals surface area contributed by atoms with Gasteiger partial charge in [-0.15, -0.1) is 0 Å². The summed E-state index contributed by atoms with van der Waals surface area (Å²) in [5.41, 5.74) is 0.260. The number of methoxy groups -OCH3 is 2. The summed E-state index contributed by atoms with van der Waals surface area (Å²) in [5, 5.41) is 2.99. The lowest BCUT2D eigenvalue weighted by molar-refractivity contribution is 0.360. The molecule has 0 amide bonds. The molecule has 0 bridgehead atoms. The van der Waals surface area contributed by atoms with Crippen LogP contribution in [0.4, 0.5) is 14.5 Å². The first kappa shape index (κ1) is 20.1. The summed E-state index contributed by atoms with van der Waals surface area (Å²) in [5.74, 6) is -1.92. The Kier molecular flexibility index (Phi) is 7.35. The summed E-state index contributed by atoms with van der Waals surface area (Å²) < 4.78 is 38.5. The first-order valence-electron chi connectivity index (χ1n) is 7.34. The molecule has 7 heteroatoms. The molecule has 0 spiro atoms. The maximum atomic E-state index is 14.3. The van der Waals surface area contributed by atoms with Crippen molar-refractivity contribution in [3.05, 3.63) is 41.1 Å². The zero-order chi connectivity index (χ0) is 18.4. The number of ether oxygens (including phenoxy) is 2. The van der Waals surface area contributed by atoms with Crippen molar-refractivity contribution in [3.8, 4) is 11.5 Å². The van der Waals surface area contributed by atoms with Crippen molar-refractivity contribution in [2.75, 3.05) is 33.1 Å². The summed E-state index contributed by atoms with van der Waals surface area (Å²) in [6.45, 7) is 7.78. The van der Waals surface area contributed by atoms with E-state index in [1.165, 1.54) is 14.2 Å². The predicted octanol–water partition coefficient (Wildman–Crippen LogP) is 4.37. The van der Waals surface area contributed by atoms with E-state index in [1.54, 1.807) is 6.20 Å². The van der Waals surface area contributed by atoms with Crippen LogP contribution in [0.15, 0.2) is 29.5 Å². The highest BCUT2D eigenvalue weighted by molar-refractivity contribution is 6.31. The van der Waals surface area contributed by atoms with E-state index in [4.69, 9.17) is 21.1 Å². The fourth-order valence-corrected chi connectivity index (χ4v) is 1.95. The number of anilines is 1. The predicted molar refractivity (Wildman–Crippen MR) is 93.9 cm³/mol. The van der Waals surface area contributed by atoms with Gasteiger partial charge in [0.15, 0.2) is 23.1 Å². The van der Waals surface area contributed by atoms with Crippen molar-refractivity contribution >= 4 is 17.3 Å². The number of rotatable bonds is 8. The summed E-state index contributed by atoms with van der Waals surface area (Å²) in [6, 6.07) is 1.39. The molecule has 0 saturated heterocycles. The lowest BCUT2D eigenvalue weighted by Gasteiger charge is -2.21. The topological polar surface area (TPSA) is 33.7 Å². The molecule has 0 saturated carbocycles. The van der Waals surface area contributed by atoms with Crippen molar-refractivity contribution in [3.63, 3.8) is 0 Å². The number of nitrogens with one attached hydrogen (secondary N) is 1. The van der Waals surface area contributed by atoms with Crippen LogP contribution in [0, 0.1) is 11.6 Å². The molecule has 0 heterocycles. The van der Waals surface area contributed by atoms with E-state index in [1.807, 2.05) is 25.8 Å². The van der Waals surface area contributed by atoms with Crippen molar-refractivity contribution < 1.29 is 18.3 Å². The highest BCUT2D eigenvalue weighted by Gasteiger charge is 2.20. The van der Waals surface area contributed by atoms with Crippen molar-refractivity contribution in [2.24, 2.45) is 0 Å². The van der Waals surface area contributed by atoms with E-state index in [2.05, 4.69) is 11.9 Å². The molecule has 0 aromatic heterocycles. The smallest absolute Gasteiger partial charge is 0.191 e. The molecule has 1 aromatic carbocycles. The largest absolute Gasteiger partial charge is 0.493 e. The average molecular weight is 361 g/mol. The van der Waals surface area contributed by atoms with Gasteiger partial charge >= 0.3 is 0 Å². The van der Waals surface area contributed by atoms with Gasteiger partial charge in [0.2, 0.25) is 0 Å². The molecule has 1 rings (SSSR count). The first-order valence-corrected chi connectivity index (χ1v) is 7.71. The number of halogens is 3. The third-order valence-electron chi connectivity index (χ3n) is 3.55. The standard InChI is InChI=1S/C17H23ClF2N2O2/c1-10(2)22(4)9-12(11(3)18)8-21-17-15(19)13(23-5)7-14(24-6)16(17)20/h7,9-10,21H,3,8H2,1-2,4-6H3/b12-9-. The number of hydrogen-bond donors (Lipinski definition) is 1. The second-order valence-corrected chi connectivity index (χ2v) is 5.91. The van der Waals surface area contributed by atoms with Gasteiger partial charge in [-0.3, -0.25) is 0 Å². The minimum absolute atomic E-state index is 0.0869. The summed E-state index contributed by atoms with van der Waals surface area (Å²) in [7, 11) is 4.46. The first-order chi connectivity index (χ1) is 11.2. The Morgan fingerprint density at radius 1 is 1.29 bits per heavy atom. The van der Waals surface area contributed by atoms with Crippen molar-refractivity contribution in [1.29, 1.82) is 0 Å². The van der Waals surface area contributed by atoms with E-state index < -0.39 is 11.6 Å². The maximum absolute atomic E-state index is 14.3. The Balaban J connectivity index is 3.14. The van der Waals surface area contributed by atoms with Crippen LogP contribution in [0.2, 0.25) is 0 Å². The fraction of sp³-hybridized carbons (Fsp3) is 0.412. The Labute approximate surface area is 146 Å². The second kappa shape index (κ2) is 8.78. The average Bonchev–Trinajstić information content (AvgIpc) is 2.53. The van der Waals surface area contributed by atoms with Gasteiger partial charge in [-0.2, -0.15) is 0 Å². The third kappa shape index (κ3) is 4.77. The van der Waals surface area contributed by atoms with E-state index in [0.717, 1.165) is 6.07 Å². The van der Waals surface area contributed by atoms with E-state index in [0.29, 0.717) is 5.57 Å². The Hall–Kier alpha value is -1.95. The van der Waals surface area contributed by atoms with Crippen LogP contribution in [-0.2, 0) is 0 Å². The Bertz CT molecular complexity index is 605. The minimum atomic E-state index is -0.840. The van der Waals surface area contributed by atoms with Crippen LogP contribution in [0.1, 0.15) is 13.8 Å². The second-order valence-electron chi connectivity index (χ2n) is 5.46. The fourth-order valence-electron chi connectivity index (χ4n) is 1.83. The molecule has 0 aliphatic rings. The zero-order valence-corrected chi connectivity index (χ0v) is 15.3. The Morgan fingerprint density at radius 2 is 1.79 bits per heavy atom. The molecule has 24 heavy (non-hydrogen) atoms. The number of nitrogens with zero attached hydrogens (tertiary/aromatic N) is 1. The zero-order valence-electron chi connectivity index (χ0n) is 14.5. The van der Waals surface area contributed by atoms with Crippen LogP contribution in [-0.4, -0.2) is 38.8 Å². The normalized spacial score (nSPS) is 11.5. The van der Waals surface area contributed by atoms with Gasteiger partial charge in [-0.1, -0.05) is 18.2 Å². The molecule has 0 unspecified atom stereocenters. The van der Waals surface area contributed by atoms with Gasteiger partial charge in [0.1, 0.15) is 5.69 Å². The van der Waals surface area contributed by atoms with E-state index >= 15 is 0 Å². The van der Waals surface area contributed by atoms with Gasteiger partial charge in [0, 0.05) is 42.5 Å². The molecular formula is C17H23ClF2N2O2. The molecule has 0 atom stereocenters. The number of hydrogen-bond acceptors (Lipinski definition) is 4. The summed E-state index contributed by atoms with van der Waals surface area (Å²) in [4.78, 5) is 1.92. The quantitative estimate of drug-likeness (QED) is 0.698. The molecule has 1 N–H and O–H groups in total. The molecule has 0 aliphatic carbocycles. The van der Waals surface area contributed by atoms with Crippen molar-refractivity contribution in [2.45, 2.75) is 19.9 Å². The molecular weight excluding hydrogens is 338 g/mol. The van der Waals surface area contributed by atoms with Crippen LogP contribution in [0.3, 0.4) is 0 Å². The lowest BCUT2D eigenvalue weighted by Crippen LogP contribution is -2.22. The highest BCUT2D eigenvalue weighted by atomic mass is 35.5. The van der Waals surface area contributed by atoms with Crippen LogP contribution in [0.25, 0.3) is 0 Å². The van der Waals surface area contributed by atoms with Crippen molar-refractivity contribution in [1.82, 2.24) is 4.90 Å². The monoisotopic (exact) mass is 360 g/mol. The SMILES string of the molecule is C=C(Cl)/C(=C\N(C)C(C)C)CNc1c(F)c(OC)cc(OC)c1F. The van der Waals surface area contributed by atoms with Crippen LogP contribution < -0.4 is 14.8 Å². The molecule has 0 aliphatic heterocycles. The van der Waals surface area contributed by atoms with Crippen LogP contribution >= 0.6 is 11.6 Å². The molecule has 4 nitrogen and oxygen atoms in total. The molecule has 0 radical (unpaired) electrons. The highest BCUT2D eigenvalue weighted by Crippen LogP contribution is 2.35. The number of benzene rings is 1. The Morgan fingerprint density at radius 3 is 2.17 bits per heavy atom. The summed E-state index contributed by atoms with van der Waals surface area (Å²) in [6.07, 6.45) is 1.78. The van der Waals surface area contributed by atoms with Crippen LogP contribution in [0.5, 0.6) is 11.5 Å². The lowest BCUT2D eigenvalue weighted by atomic mass is 10.2. The molecule has 134 valence electrons.